The molecule has 0 aromatic heterocycles. The maximum Gasteiger partial charge on any atom is 0.126 e. The van der Waals surface area contributed by atoms with Crippen LogP contribution in [-0.4, -0.2) is 17.3 Å². The quantitative estimate of drug-likeness (QED) is 0.671. The third-order valence-corrected chi connectivity index (χ3v) is 0. The van der Waals surface area contributed by atoms with Crippen molar-refractivity contribution in [3.63, 3.8) is 0 Å². The van der Waals surface area contributed by atoms with Gasteiger partial charge in [0.15, 0.2) is 0 Å². The van der Waals surface area contributed by atoms with E-state index in [1.807, 2.05) is 0 Å². The molecule has 76 valence electrons. The van der Waals surface area contributed by atoms with Crippen LogP contribution in [0.3, 0.4) is 0 Å². The zero-order valence-electron chi connectivity index (χ0n) is 9.22. The second-order valence-corrected chi connectivity index (χ2v) is 2.72. The van der Waals surface area contributed by atoms with Crippen molar-refractivity contribution >= 4 is 17.3 Å². The molecule has 0 aliphatic rings. The molecule has 13 heavy (non-hydrogen) atoms. The third-order valence-electron chi connectivity index (χ3n) is 0. The average Bonchev–Trinajstić information content (AvgIpc) is 1.54. The van der Waals surface area contributed by atoms with Crippen LogP contribution in [0.2, 0.25) is 0 Å². The van der Waals surface area contributed by atoms with E-state index >= 15 is 0 Å². The van der Waals surface area contributed by atoms with Crippen LogP contribution < -0.4 is 0 Å². The van der Waals surface area contributed by atoms with E-state index in [2.05, 4.69) is 0 Å². The Labute approximate surface area is 99.4 Å². The number of hydrogen-bond acceptors (Lipinski definition) is 3. The maximum absolute atomic E-state index is 9.44. The largest absolute Gasteiger partial charge is 0.300 e. The van der Waals surface area contributed by atoms with Crippen LogP contribution in [0, 0.1) is 0 Å². The molecule has 0 fully saturated rings. The zero-order chi connectivity index (χ0) is 10.7. The van der Waals surface area contributed by atoms with Crippen LogP contribution in [0.15, 0.2) is 0 Å². The molecule has 0 bridgehead atoms. The number of carbonyl (C=O) groups excluding carboxylic acids is 3. The summed E-state index contributed by atoms with van der Waals surface area (Å²) < 4.78 is 0. The van der Waals surface area contributed by atoms with Crippen LogP contribution in [0.25, 0.3) is 0 Å². The normalized spacial score (nSPS) is 6.00. The topological polar surface area (TPSA) is 51.2 Å². The number of ketones is 3. The smallest absolute Gasteiger partial charge is 0.126 e. The summed E-state index contributed by atoms with van der Waals surface area (Å²) in [6.45, 7) is 9.17. The van der Waals surface area contributed by atoms with Crippen molar-refractivity contribution in [3.05, 3.63) is 0 Å². The summed E-state index contributed by atoms with van der Waals surface area (Å²) in [5, 5.41) is 0. The SMILES string of the molecule is CC(C)=O.CC(C)=O.CC(C)=O.[Zr]. The number of Topliss-reactive ketones (excluding diaryl/α,β-unsaturated/α-hetero) is 3. The van der Waals surface area contributed by atoms with Crippen molar-refractivity contribution in [2.75, 3.05) is 0 Å². The van der Waals surface area contributed by atoms with Gasteiger partial charge >= 0.3 is 0 Å². The standard InChI is InChI=1S/3C3H6O.Zr/c3*1-3(2)4;/h3*1-2H3;. The molecule has 0 spiro atoms. The fourth-order valence-electron chi connectivity index (χ4n) is 0. The monoisotopic (exact) mass is 264 g/mol. The molecule has 4 heteroatoms. The molecule has 0 aliphatic carbocycles. The van der Waals surface area contributed by atoms with Crippen molar-refractivity contribution < 1.29 is 40.6 Å². The summed E-state index contributed by atoms with van der Waals surface area (Å²) in [4.78, 5) is 28.3. The molecule has 0 amide bonds. The first kappa shape index (κ1) is 23.1. The van der Waals surface area contributed by atoms with Crippen LogP contribution in [0.4, 0.5) is 0 Å². The molecule has 0 radical (unpaired) electrons. The molecule has 0 heterocycles. The Bertz CT molecular complexity index is 112. The average molecular weight is 265 g/mol. The fraction of sp³-hybridized carbons (Fsp3) is 0.667. The molecular weight excluding hydrogens is 247 g/mol. The molecule has 0 unspecified atom stereocenters. The summed E-state index contributed by atoms with van der Waals surface area (Å²) in [7, 11) is 0. The van der Waals surface area contributed by atoms with E-state index in [1.54, 1.807) is 0 Å². The number of carbonyl (C=O) groups is 3. The summed E-state index contributed by atoms with van der Waals surface area (Å²) in [5.41, 5.74) is 0. The van der Waals surface area contributed by atoms with Crippen LogP contribution in [0.5, 0.6) is 0 Å². The van der Waals surface area contributed by atoms with Gasteiger partial charge in [-0.2, -0.15) is 0 Å². The molecule has 0 N–H and O–H groups in total. The van der Waals surface area contributed by atoms with Gasteiger partial charge in [0.2, 0.25) is 0 Å². The van der Waals surface area contributed by atoms with E-state index in [1.165, 1.54) is 41.5 Å². The predicted molar refractivity (Wildman–Crippen MR) is 49.1 cm³/mol. The van der Waals surface area contributed by atoms with Crippen molar-refractivity contribution in [2.24, 2.45) is 0 Å². The summed E-state index contributed by atoms with van der Waals surface area (Å²) in [6.07, 6.45) is 0. The van der Waals surface area contributed by atoms with E-state index in [-0.39, 0.29) is 43.6 Å². The van der Waals surface area contributed by atoms with E-state index in [0.29, 0.717) is 0 Å². The van der Waals surface area contributed by atoms with Gasteiger partial charge in [-0.25, -0.2) is 0 Å². The van der Waals surface area contributed by atoms with Crippen molar-refractivity contribution in [3.8, 4) is 0 Å². The van der Waals surface area contributed by atoms with Gasteiger partial charge in [-0.3, -0.25) is 0 Å². The second-order valence-electron chi connectivity index (χ2n) is 2.72. The molecule has 0 atom stereocenters. The molecule has 0 rings (SSSR count). The molecule has 0 saturated heterocycles. The Hall–Kier alpha value is -0.107. The molecule has 0 aromatic rings. The van der Waals surface area contributed by atoms with Crippen molar-refractivity contribution in [1.82, 2.24) is 0 Å². The van der Waals surface area contributed by atoms with Crippen molar-refractivity contribution in [1.29, 1.82) is 0 Å². The maximum atomic E-state index is 9.44. The van der Waals surface area contributed by atoms with Gasteiger partial charge in [-0.15, -0.1) is 0 Å². The first-order chi connectivity index (χ1) is 5.20. The number of rotatable bonds is 0. The van der Waals surface area contributed by atoms with Gasteiger partial charge in [0.05, 0.1) is 0 Å². The van der Waals surface area contributed by atoms with Crippen LogP contribution in [0.1, 0.15) is 41.5 Å². The molecular formula is C9H18O3Zr. The summed E-state index contributed by atoms with van der Waals surface area (Å²) in [6, 6.07) is 0. The Morgan fingerprint density at radius 2 is 0.538 bits per heavy atom. The predicted octanol–water partition coefficient (Wildman–Crippen LogP) is 1.78. The Morgan fingerprint density at radius 3 is 0.538 bits per heavy atom. The van der Waals surface area contributed by atoms with Gasteiger partial charge in [0, 0.05) is 26.2 Å². The van der Waals surface area contributed by atoms with Crippen LogP contribution >= 0.6 is 0 Å². The van der Waals surface area contributed by atoms with Gasteiger partial charge in [-0.1, -0.05) is 0 Å². The minimum absolute atomic E-state index is 0. The van der Waals surface area contributed by atoms with Crippen LogP contribution in [-0.2, 0) is 40.6 Å². The second kappa shape index (κ2) is 17.8. The molecule has 0 saturated carbocycles. The Morgan fingerprint density at radius 1 is 0.538 bits per heavy atom. The molecule has 3 nitrogen and oxygen atoms in total. The summed E-state index contributed by atoms with van der Waals surface area (Å²) in [5.74, 6) is 0.500. The van der Waals surface area contributed by atoms with Gasteiger partial charge in [0.25, 0.3) is 0 Å². The minimum Gasteiger partial charge on any atom is -0.300 e. The van der Waals surface area contributed by atoms with E-state index < -0.39 is 0 Å². The van der Waals surface area contributed by atoms with E-state index in [9.17, 15) is 14.4 Å². The first-order valence-electron chi connectivity index (χ1n) is 3.61. The van der Waals surface area contributed by atoms with Crippen molar-refractivity contribution in [2.45, 2.75) is 41.5 Å². The van der Waals surface area contributed by atoms with E-state index in [0.717, 1.165) is 0 Å². The Balaban J connectivity index is -0.0000000450. The van der Waals surface area contributed by atoms with Gasteiger partial charge in [-0.05, 0) is 41.5 Å². The summed E-state index contributed by atoms with van der Waals surface area (Å²) >= 11 is 0. The fourth-order valence-corrected chi connectivity index (χ4v) is 0. The number of hydrogen-bond donors (Lipinski definition) is 0. The van der Waals surface area contributed by atoms with Gasteiger partial charge < -0.3 is 14.4 Å². The Kier molecular flexibility index (Phi) is 31.7. The third kappa shape index (κ3) is 102000. The first-order valence-corrected chi connectivity index (χ1v) is 3.61. The minimum atomic E-state index is 0. The molecule has 0 aromatic carbocycles. The molecule has 0 aliphatic heterocycles. The zero-order valence-corrected chi connectivity index (χ0v) is 11.7. The van der Waals surface area contributed by atoms with Gasteiger partial charge in [0.1, 0.15) is 17.3 Å². The van der Waals surface area contributed by atoms with E-state index in [4.69, 9.17) is 0 Å².